The van der Waals surface area contributed by atoms with E-state index in [4.69, 9.17) is 0 Å². The zero-order valence-electron chi connectivity index (χ0n) is 14.2. The Balaban J connectivity index is 2.39. The molecule has 0 aliphatic rings. The Morgan fingerprint density at radius 3 is 2.33 bits per heavy atom. The summed E-state index contributed by atoms with van der Waals surface area (Å²) in [6, 6.07) is 3.29. The Labute approximate surface area is 152 Å². The van der Waals surface area contributed by atoms with Crippen LogP contribution < -0.4 is 4.74 Å². The lowest BCUT2D eigenvalue weighted by molar-refractivity contribution is -0.189. The maximum absolute atomic E-state index is 14.3. The Kier molecular flexibility index (Phi) is 6.21. The highest BCUT2D eigenvalue weighted by atomic mass is 19.3. The number of benzene rings is 2. The lowest BCUT2D eigenvalue weighted by Gasteiger charge is -2.20. The number of halogens is 6. The number of alkyl halides is 2. The third-order valence-electron chi connectivity index (χ3n) is 3.64. The maximum atomic E-state index is 14.3. The van der Waals surface area contributed by atoms with E-state index in [-0.39, 0.29) is 17.5 Å². The van der Waals surface area contributed by atoms with Crippen LogP contribution in [-0.2, 0) is 12.5 Å². The first-order valence-electron chi connectivity index (χ1n) is 7.78. The van der Waals surface area contributed by atoms with Crippen molar-refractivity contribution >= 4 is 0 Å². The fraction of sp³-hybridized carbons (Fsp3) is 0.200. The van der Waals surface area contributed by atoms with Crippen LogP contribution in [0.2, 0.25) is 0 Å². The lowest BCUT2D eigenvalue weighted by atomic mass is 10.0. The minimum absolute atomic E-state index is 0.0682. The molecule has 0 unspecified atom stereocenters. The van der Waals surface area contributed by atoms with Gasteiger partial charge in [-0.25, -0.2) is 13.2 Å². The van der Waals surface area contributed by atoms with Crippen molar-refractivity contribution in [1.82, 2.24) is 0 Å². The van der Waals surface area contributed by atoms with E-state index in [2.05, 4.69) is 23.2 Å². The number of rotatable bonds is 6. The molecule has 0 bridgehead atoms. The van der Waals surface area contributed by atoms with E-state index in [0.717, 1.165) is 18.2 Å². The fourth-order valence-corrected chi connectivity index (χ4v) is 2.30. The minimum atomic E-state index is -4.44. The van der Waals surface area contributed by atoms with Gasteiger partial charge >= 0.3 is 6.11 Å². The average Bonchev–Trinajstić information content (AvgIpc) is 2.62. The van der Waals surface area contributed by atoms with Crippen molar-refractivity contribution in [2.45, 2.75) is 25.9 Å². The van der Waals surface area contributed by atoms with Crippen LogP contribution >= 0.6 is 0 Å². The second-order valence-corrected chi connectivity index (χ2v) is 5.46. The molecule has 0 aliphatic carbocycles. The van der Waals surface area contributed by atoms with Crippen molar-refractivity contribution in [3.05, 3.63) is 76.9 Å². The van der Waals surface area contributed by atoms with E-state index in [1.54, 1.807) is 0 Å². The highest BCUT2D eigenvalue weighted by Gasteiger charge is 2.40. The van der Waals surface area contributed by atoms with Crippen LogP contribution in [0.15, 0.2) is 36.9 Å². The van der Waals surface area contributed by atoms with Gasteiger partial charge in [0.2, 0.25) is 5.82 Å². The number of aryl methyl sites for hydroxylation is 1. The van der Waals surface area contributed by atoms with Crippen LogP contribution in [-0.4, -0.2) is 0 Å². The zero-order chi connectivity index (χ0) is 20.2. The summed E-state index contributed by atoms with van der Waals surface area (Å²) >= 11 is 0. The van der Waals surface area contributed by atoms with E-state index in [1.807, 2.05) is 0 Å². The first-order chi connectivity index (χ1) is 12.7. The van der Waals surface area contributed by atoms with Gasteiger partial charge in [-0.2, -0.15) is 13.2 Å². The van der Waals surface area contributed by atoms with Crippen molar-refractivity contribution < 1.29 is 31.1 Å². The predicted molar refractivity (Wildman–Crippen MR) is 88.3 cm³/mol. The summed E-state index contributed by atoms with van der Waals surface area (Å²) in [5.74, 6) is -3.04. The Hall–Kier alpha value is -2.88. The van der Waals surface area contributed by atoms with Crippen LogP contribution in [0.25, 0.3) is 0 Å². The number of hydrogen-bond acceptors (Lipinski definition) is 1. The monoisotopic (exact) mass is 384 g/mol. The molecule has 2 aromatic carbocycles. The summed E-state index contributed by atoms with van der Waals surface area (Å²) in [6.45, 7) is 4.81. The van der Waals surface area contributed by atoms with E-state index < -0.39 is 40.7 Å². The van der Waals surface area contributed by atoms with Gasteiger partial charge in [-0.15, -0.1) is 12.5 Å². The summed E-state index contributed by atoms with van der Waals surface area (Å²) in [7, 11) is 0. The molecule has 0 amide bonds. The third-order valence-corrected chi connectivity index (χ3v) is 3.64. The molecule has 1 nitrogen and oxygen atoms in total. The van der Waals surface area contributed by atoms with Gasteiger partial charge in [0.05, 0.1) is 5.56 Å². The highest BCUT2D eigenvalue weighted by molar-refractivity contribution is 5.41. The van der Waals surface area contributed by atoms with Gasteiger partial charge in [0, 0.05) is 0 Å². The topological polar surface area (TPSA) is 9.23 Å². The molecule has 27 heavy (non-hydrogen) atoms. The molecule has 142 valence electrons. The second kappa shape index (κ2) is 8.21. The molecule has 0 N–H and O–H groups in total. The molecule has 0 spiro atoms. The van der Waals surface area contributed by atoms with Crippen LogP contribution in [0.5, 0.6) is 5.75 Å². The summed E-state index contributed by atoms with van der Waals surface area (Å²) < 4.78 is 88.5. The van der Waals surface area contributed by atoms with Crippen LogP contribution in [0.3, 0.4) is 0 Å². The average molecular weight is 384 g/mol. The Morgan fingerprint density at radius 1 is 1.00 bits per heavy atom. The van der Waals surface area contributed by atoms with Gasteiger partial charge in [0.25, 0.3) is 0 Å². The van der Waals surface area contributed by atoms with Crippen molar-refractivity contribution in [3.8, 4) is 17.6 Å². The van der Waals surface area contributed by atoms with Gasteiger partial charge in [-0.3, -0.25) is 0 Å². The summed E-state index contributed by atoms with van der Waals surface area (Å²) in [5.41, 5.74) is -1.90. The predicted octanol–water partition coefficient (Wildman–Crippen LogP) is 5.86. The smallest absolute Gasteiger partial charge is 0.426 e. The molecular formula is C20H14F6O. The quantitative estimate of drug-likeness (QED) is 0.344. The Morgan fingerprint density at radius 2 is 1.70 bits per heavy atom. The standard InChI is InChI=1S/C20H14F6O/c1-3-5-7-13-8-10-14(18(23)16(13)21)20(25,26)27-15-11-9-12(6-4-2)17(22)19(15)24/h3,8-11H,1,5,7H2,2H3. The van der Waals surface area contributed by atoms with E-state index in [9.17, 15) is 26.3 Å². The number of hydrogen-bond donors (Lipinski definition) is 0. The van der Waals surface area contributed by atoms with Gasteiger partial charge in [-0.1, -0.05) is 18.1 Å². The highest BCUT2D eigenvalue weighted by Crippen LogP contribution is 2.36. The molecule has 0 radical (unpaired) electrons. The van der Waals surface area contributed by atoms with E-state index >= 15 is 0 Å². The molecular weight excluding hydrogens is 370 g/mol. The first kappa shape index (κ1) is 20.4. The van der Waals surface area contributed by atoms with Gasteiger partial charge in [-0.05, 0) is 43.5 Å². The van der Waals surface area contributed by atoms with Gasteiger partial charge in [0.1, 0.15) is 5.56 Å². The molecule has 0 saturated carbocycles. The van der Waals surface area contributed by atoms with Crippen LogP contribution in [0, 0.1) is 35.1 Å². The number of allylic oxidation sites excluding steroid dienone is 1. The summed E-state index contributed by atoms with van der Waals surface area (Å²) in [6.07, 6.45) is -2.58. The van der Waals surface area contributed by atoms with E-state index in [0.29, 0.717) is 12.5 Å². The van der Waals surface area contributed by atoms with Crippen LogP contribution in [0.1, 0.15) is 30.0 Å². The molecule has 0 aliphatic heterocycles. The zero-order valence-corrected chi connectivity index (χ0v) is 14.2. The van der Waals surface area contributed by atoms with E-state index in [1.165, 1.54) is 13.0 Å². The fourth-order valence-electron chi connectivity index (χ4n) is 2.30. The summed E-state index contributed by atoms with van der Waals surface area (Å²) in [5, 5.41) is 0. The largest absolute Gasteiger partial charge is 0.429 e. The molecule has 0 atom stereocenters. The molecule has 2 rings (SSSR count). The lowest BCUT2D eigenvalue weighted by Crippen LogP contribution is -2.25. The van der Waals surface area contributed by atoms with Crippen LogP contribution in [0.4, 0.5) is 26.3 Å². The Bertz CT molecular complexity index is 924. The van der Waals surface area contributed by atoms with Gasteiger partial charge < -0.3 is 4.74 Å². The molecule has 7 heteroatoms. The van der Waals surface area contributed by atoms with Crippen molar-refractivity contribution in [2.75, 3.05) is 0 Å². The SMILES string of the molecule is C=CCCc1ccc(C(F)(F)Oc2ccc(C#CC)c(F)c2F)c(F)c1F. The molecule has 0 saturated heterocycles. The number of ether oxygens (including phenoxy) is 1. The molecule has 0 heterocycles. The normalized spacial score (nSPS) is 10.9. The van der Waals surface area contributed by atoms with Crippen molar-refractivity contribution in [1.29, 1.82) is 0 Å². The molecule has 0 aromatic heterocycles. The molecule has 0 fully saturated rings. The first-order valence-corrected chi connectivity index (χ1v) is 7.78. The van der Waals surface area contributed by atoms with Crippen molar-refractivity contribution in [3.63, 3.8) is 0 Å². The third kappa shape index (κ3) is 4.27. The minimum Gasteiger partial charge on any atom is -0.426 e. The molecule has 2 aromatic rings. The van der Waals surface area contributed by atoms with Crippen molar-refractivity contribution in [2.24, 2.45) is 0 Å². The van der Waals surface area contributed by atoms with Gasteiger partial charge in [0.15, 0.2) is 23.2 Å². The summed E-state index contributed by atoms with van der Waals surface area (Å²) in [4.78, 5) is 0. The maximum Gasteiger partial charge on any atom is 0.429 e. The second-order valence-electron chi connectivity index (χ2n) is 5.46.